The number of benzene rings is 3. The van der Waals surface area contributed by atoms with Gasteiger partial charge in [0.05, 0.1) is 19.1 Å². The Hall–Kier alpha value is -3.56. The molecule has 39 heavy (non-hydrogen) atoms. The van der Waals surface area contributed by atoms with Crippen LogP contribution in [0.3, 0.4) is 0 Å². The van der Waals surface area contributed by atoms with Crippen LogP contribution in [0.1, 0.15) is 25.0 Å². The van der Waals surface area contributed by atoms with Crippen LogP contribution in [0, 0.1) is 0 Å². The van der Waals surface area contributed by atoms with Crippen LogP contribution < -0.4 is 14.4 Å². The molecule has 0 heterocycles. The molecule has 0 aliphatic carbocycles. The summed E-state index contributed by atoms with van der Waals surface area (Å²) >= 11 is 6.07. The number of carbonyl (C=O) groups excluding carboxylic acids is 2. The lowest BCUT2D eigenvalue weighted by Crippen LogP contribution is -2.54. The number of anilines is 1. The zero-order chi connectivity index (χ0) is 28.6. The number of rotatable bonds is 12. The van der Waals surface area contributed by atoms with Gasteiger partial charge in [-0.3, -0.25) is 13.9 Å². The van der Waals surface area contributed by atoms with E-state index in [0.717, 1.165) is 21.7 Å². The van der Waals surface area contributed by atoms with Crippen molar-refractivity contribution in [1.82, 2.24) is 10.2 Å². The van der Waals surface area contributed by atoms with Crippen LogP contribution >= 0.6 is 11.6 Å². The Morgan fingerprint density at radius 2 is 1.62 bits per heavy atom. The summed E-state index contributed by atoms with van der Waals surface area (Å²) in [5, 5.41) is 3.46. The van der Waals surface area contributed by atoms with Gasteiger partial charge in [-0.2, -0.15) is 0 Å². The number of carbonyl (C=O) groups is 2. The fourth-order valence-corrected chi connectivity index (χ4v) is 5.07. The molecule has 8 nitrogen and oxygen atoms in total. The van der Waals surface area contributed by atoms with Crippen molar-refractivity contribution in [3.05, 3.63) is 95.0 Å². The van der Waals surface area contributed by atoms with E-state index in [0.29, 0.717) is 10.8 Å². The van der Waals surface area contributed by atoms with Gasteiger partial charge in [-0.1, -0.05) is 60.1 Å². The van der Waals surface area contributed by atoms with E-state index in [1.165, 1.54) is 12.0 Å². The molecule has 3 rings (SSSR count). The molecule has 0 saturated carbocycles. The summed E-state index contributed by atoms with van der Waals surface area (Å²) < 4.78 is 32.0. The van der Waals surface area contributed by atoms with E-state index < -0.39 is 28.5 Å². The number of halogens is 1. The molecule has 1 atom stereocenters. The summed E-state index contributed by atoms with van der Waals surface area (Å²) in [6.07, 6.45) is 1.28. The molecule has 0 saturated heterocycles. The van der Waals surface area contributed by atoms with Crippen molar-refractivity contribution < 1.29 is 22.7 Å². The van der Waals surface area contributed by atoms with Gasteiger partial charge in [0.25, 0.3) is 0 Å². The minimum atomic E-state index is -3.86. The van der Waals surface area contributed by atoms with Crippen LogP contribution in [-0.4, -0.2) is 57.1 Å². The molecule has 3 aromatic rings. The van der Waals surface area contributed by atoms with Crippen LogP contribution in [0.5, 0.6) is 5.75 Å². The average molecular weight is 572 g/mol. The van der Waals surface area contributed by atoms with Crippen molar-refractivity contribution >= 4 is 39.1 Å². The summed E-state index contributed by atoms with van der Waals surface area (Å²) in [6, 6.07) is 21.8. The first-order valence-electron chi connectivity index (χ1n) is 12.5. The monoisotopic (exact) mass is 571 g/mol. The number of hydrogen-bond donors (Lipinski definition) is 1. The predicted octanol–water partition coefficient (Wildman–Crippen LogP) is 4.28. The van der Waals surface area contributed by atoms with Crippen molar-refractivity contribution in [1.29, 1.82) is 0 Å². The Labute approximate surface area is 235 Å². The van der Waals surface area contributed by atoms with Crippen molar-refractivity contribution in [2.45, 2.75) is 38.9 Å². The fourth-order valence-electron chi connectivity index (χ4n) is 4.10. The molecule has 208 valence electrons. The maximum atomic E-state index is 14.0. The molecule has 0 bridgehead atoms. The zero-order valence-corrected chi connectivity index (χ0v) is 24.1. The normalized spacial score (nSPS) is 12.1. The smallest absolute Gasteiger partial charge is 0.244 e. The number of sulfonamides is 1. The Morgan fingerprint density at radius 3 is 2.21 bits per heavy atom. The minimum Gasteiger partial charge on any atom is -0.497 e. The number of ether oxygens (including phenoxy) is 1. The molecule has 0 aromatic heterocycles. The van der Waals surface area contributed by atoms with Gasteiger partial charge >= 0.3 is 0 Å². The Balaban J connectivity index is 2.05. The first-order valence-corrected chi connectivity index (χ1v) is 14.7. The number of methoxy groups -OCH3 is 1. The van der Waals surface area contributed by atoms with E-state index in [1.807, 2.05) is 44.2 Å². The van der Waals surface area contributed by atoms with E-state index in [2.05, 4.69) is 5.32 Å². The van der Waals surface area contributed by atoms with Gasteiger partial charge in [-0.25, -0.2) is 8.42 Å². The second-order valence-corrected chi connectivity index (χ2v) is 11.8. The molecule has 1 unspecified atom stereocenters. The molecule has 0 aliphatic heterocycles. The van der Waals surface area contributed by atoms with Crippen LogP contribution in [0.4, 0.5) is 5.69 Å². The summed E-state index contributed by atoms with van der Waals surface area (Å²) in [4.78, 5) is 29.0. The van der Waals surface area contributed by atoms with Gasteiger partial charge in [0.2, 0.25) is 21.8 Å². The first-order chi connectivity index (χ1) is 18.5. The number of amides is 2. The average Bonchev–Trinajstić information content (AvgIpc) is 2.89. The Kier molecular flexibility index (Phi) is 10.4. The highest BCUT2D eigenvalue weighted by Gasteiger charge is 2.33. The van der Waals surface area contributed by atoms with E-state index in [-0.39, 0.29) is 30.6 Å². The van der Waals surface area contributed by atoms with E-state index in [4.69, 9.17) is 16.3 Å². The molecular weight excluding hydrogens is 538 g/mol. The molecule has 10 heteroatoms. The van der Waals surface area contributed by atoms with Gasteiger partial charge < -0.3 is 15.0 Å². The van der Waals surface area contributed by atoms with Crippen molar-refractivity contribution in [2.75, 3.05) is 24.2 Å². The third-order valence-corrected chi connectivity index (χ3v) is 7.38. The number of nitrogens with zero attached hydrogens (tertiary/aromatic N) is 2. The van der Waals surface area contributed by atoms with Crippen molar-refractivity contribution in [3.8, 4) is 5.75 Å². The molecule has 2 amide bonds. The van der Waals surface area contributed by atoms with Crippen LogP contribution in [-0.2, 0) is 32.6 Å². The topological polar surface area (TPSA) is 96.0 Å². The maximum absolute atomic E-state index is 14.0. The van der Waals surface area contributed by atoms with Crippen LogP contribution in [0.2, 0.25) is 5.02 Å². The summed E-state index contributed by atoms with van der Waals surface area (Å²) in [7, 11) is -2.38. The summed E-state index contributed by atoms with van der Waals surface area (Å²) in [5.74, 6) is -0.411. The Bertz CT molecular complexity index is 1370. The highest BCUT2D eigenvalue weighted by molar-refractivity contribution is 7.92. The molecule has 1 N–H and O–H groups in total. The molecular formula is C29H34ClN3O5S. The van der Waals surface area contributed by atoms with Gasteiger partial charge in [0.15, 0.2) is 0 Å². The standard InChI is InChI=1S/C29H34ClN3O5S/c1-21(2)31-29(35)27(17-22-9-6-5-7-10-22)32(19-23-13-15-24(30)16-14-23)28(34)20-33(39(4,36)37)25-11-8-12-26(18-25)38-3/h5-16,18,21,27H,17,19-20H2,1-4H3,(H,31,35). The lowest BCUT2D eigenvalue weighted by atomic mass is 10.0. The first kappa shape index (κ1) is 30.0. The number of nitrogens with one attached hydrogen (secondary N) is 1. The Morgan fingerprint density at radius 1 is 0.949 bits per heavy atom. The lowest BCUT2D eigenvalue weighted by Gasteiger charge is -2.34. The van der Waals surface area contributed by atoms with Gasteiger partial charge in [0, 0.05) is 30.1 Å². The molecule has 3 aromatic carbocycles. The van der Waals surface area contributed by atoms with Gasteiger partial charge in [-0.15, -0.1) is 0 Å². The summed E-state index contributed by atoms with van der Waals surface area (Å²) in [5.41, 5.74) is 1.89. The van der Waals surface area contributed by atoms with Crippen molar-refractivity contribution in [3.63, 3.8) is 0 Å². The lowest BCUT2D eigenvalue weighted by molar-refractivity contribution is -0.140. The number of hydrogen-bond acceptors (Lipinski definition) is 5. The highest BCUT2D eigenvalue weighted by atomic mass is 35.5. The predicted molar refractivity (Wildman–Crippen MR) is 154 cm³/mol. The van der Waals surface area contributed by atoms with Crippen LogP contribution in [0.25, 0.3) is 0 Å². The quantitative estimate of drug-likeness (QED) is 0.350. The largest absolute Gasteiger partial charge is 0.497 e. The highest BCUT2D eigenvalue weighted by Crippen LogP contribution is 2.24. The second kappa shape index (κ2) is 13.5. The third-order valence-electron chi connectivity index (χ3n) is 5.99. The molecule has 0 radical (unpaired) electrons. The maximum Gasteiger partial charge on any atom is 0.244 e. The van der Waals surface area contributed by atoms with E-state index in [1.54, 1.807) is 48.5 Å². The summed E-state index contributed by atoms with van der Waals surface area (Å²) in [6.45, 7) is 3.27. The third kappa shape index (κ3) is 8.73. The molecule has 0 fully saturated rings. The van der Waals surface area contributed by atoms with Gasteiger partial charge in [0.1, 0.15) is 18.3 Å². The van der Waals surface area contributed by atoms with Crippen LogP contribution in [0.15, 0.2) is 78.9 Å². The molecule has 0 spiro atoms. The SMILES string of the molecule is COc1cccc(N(CC(=O)N(Cc2ccc(Cl)cc2)C(Cc2ccccc2)C(=O)NC(C)C)S(C)(=O)=O)c1. The van der Waals surface area contributed by atoms with Gasteiger partial charge in [-0.05, 0) is 49.2 Å². The van der Waals surface area contributed by atoms with E-state index >= 15 is 0 Å². The second-order valence-electron chi connectivity index (χ2n) is 9.49. The zero-order valence-electron chi connectivity index (χ0n) is 22.5. The van der Waals surface area contributed by atoms with E-state index in [9.17, 15) is 18.0 Å². The fraction of sp³-hybridized carbons (Fsp3) is 0.310. The van der Waals surface area contributed by atoms with Crippen molar-refractivity contribution in [2.24, 2.45) is 0 Å². The molecule has 0 aliphatic rings. The minimum absolute atomic E-state index is 0.0781.